The average molecular weight is 405 g/mol. The lowest BCUT2D eigenvalue weighted by Gasteiger charge is -2.27. The SMILES string of the molecule is CS(=O)(=O)N1CCCC(C(=O)NCCN2CCOCC2)CCNC(=O)CC1. The maximum atomic E-state index is 12.5. The molecule has 0 saturated carbocycles. The Kier molecular flexibility index (Phi) is 8.94. The van der Waals surface area contributed by atoms with Gasteiger partial charge in [0.25, 0.3) is 0 Å². The molecule has 2 rings (SSSR count). The Balaban J connectivity index is 1.84. The number of rotatable bonds is 5. The van der Waals surface area contributed by atoms with Crippen molar-refractivity contribution in [2.75, 3.05) is 65.3 Å². The van der Waals surface area contributed by atoms with Crippen LogP contribution in [0.25, 0.3) is 0 Å². The number of amides is 2. The summed E-state index contributed by atoms with van der Waals surface area (Å²) in [6, 6.07) is 0. The molecule has 9 nitrogen and oxygen atoms in total. The molecular formula is C17H32N4O5S. The smallest absolute Gasteiger partial charge is 0.223 e. The largest absolute Gasteiger partial charge is 0.379 e. The van der Waals surface area contributed by atoms with E-state index in [1.54, 1.807) is 0 Å². The monoisotopic (exact) mass is 404 g/mol. The van der Waals surface area contributed by atoms with Crippen LogP contribution in [-0.4, -0.2) is 94.7 Å². The summed E-state index contributed by atoms with van der Waals surface area (Å²) in [5.41, 5.74) is 0. The lowest BCUT2D eigenvalue weighted by atomic mass is 9.98. The van der Waals surface area contributed by atoms with Crippen LogP contribution >= 0.6 is 0 Å². The zero-order valence-electron chi connectivity index (χ0n) is 16.1. The van der Waals surface area contributed by atoms with Gasteiger partial charge >= 0.3 is 0 Å². The van der Waals surface area contributed by atoms with Crippen molar-refractivity contribution < 1.29 is 22.7 Å². The fourth-order valence-electron chi connectivity index (χ4n) is 3.37. The summed E-state index contributed by atoms with van der Waals surface area (Å²) in [5.74, 6) is -0.436. The van der Waals surface area contributed by atoms with Gasteiger partial charge in [-0.05, 0) is 19.3 Å². The molecule has 1 atom stereocenters. The number of nitrogens with one attached hydrogen (secondary N) is 2. The first-order chi connectivity index (χ1) is 12.9. The van der Waals surface area contributed by atoms with E-state index in [4.69, 9.17) is 4.74 Å². The van der Waals surface area contributed by atoms with E-state index in [1.165, 1.54) is 4.31 Å². The molecule has 0 aliphatic carbocycles. The second-order valence-corrected chi connectivity index (χ2v) is 9.12. The van der Waals surface area contributed by atoms with Crippen LogP contribution in [-0.2, 0) is 24.3 Å². The van der Waals surface area contributed by atoms with Gasteiger partial charge in [-0.15, -0.1) is 0 Å². The second kappa shape index (κ2) is 10.9. The van der Waals surface area contributed by atoms with E-state index in [0.29, 0.717) is 38.9 Å². The molecule has 0 aromatic heterocycles. The number of carbonyl (C=O) groups is 2. The third kappa shape index (κ3) is 8.12. The molecule has 10 heteroatoms. The molecule has 2 heterocycles. The molecule has 0 aromatic carbocycles. The minimum absolute atomic E-state index is 0.0253. The molecule has 0 aromatic rings. The van der Waals surface area contributed by atoms with Gasteiger partial charge in [0.2, 0.25) is 21.8 Å². The molecule has 27 heavy (non-hydrogen) atoms. The van der Waals surface area contributed by atoms with E-state index in [9.17, 15) is 18.0 Å². The van der Waals surface area contributed by atoms with Gasteiger partial charge in [0.15, 0.2) is 0 Å². The molecule has 2 amide bonds. The average Bonchev–Trinajstić information content (AvgIpc) is 2.66. The van der Waals surface area contributed by atoms with Crippen molar-refractivity contribution in [1.29, 1.82) is 0 Å². The lowest BCUT2D eigenvalue weighted by molar-refractivity contribution is -0.126. The number of hydrogen-bond donors (Lipinski definition) is 2. The Morgan fingerprint density at radius 1 is 1.22 bits per heavy atom. The van der Waals surface area contributed by atoms with Gasteiger partial charge in [-0.25, -0.2) is 12.7 Å². The summed E-state index contributed by atoms with van der Waals surface area (Å²) < 4.78 is 30.3. The first-order valence-electron chi connectivity index (χ1n) is 9.66. The maximum absolute atomic E-state index is 12.5. The van der Waals surface area contributed by atoms with Gasteiger partial charge in [-0.2, -0.15) is 0 Å². The first kappa shape index (κ1) is 22.1. The van der Waals surface area contributed by atoms with Crippen LogP contribution in [0.15, 0.2) is 0 Å². The number of carbonyl (C=O) groups excluding carboxylic acids is 2. The van der Waals surface area contributed by atoms with Crippen LogP contribution in [0, 0.1) is 5.92 Å². The van der Waals surface area contributed by atoms with Crippen molar-refractivity contribution in [2.24, 2.45) is 5.92 Å². The Labute approximate surface area is 161 Å². The normalized spacial score (nSPS) is 24.6. The molecule has 2 aliphatic rings. The highest BCUT2D eigenvalue weighted by molar-refractivity contribution is 7.88. The van der Waals surface area contributed by atoms with Crippen LogP contribution in [0.2, 0.25) is 0 Å². The summed E-state index contributed by atoms with van der Waals surface area (Å²) in [7, 11) is -3.36. The summed E-state index contributed by atoms with van der Waals surface area (Å²) >= 11 is 0. The van der Waals surface area contributed by atoms with Crippen LogP contribution in [0.5, 0.6) is 0 Å². The number of ether oxygens (including phenoxy) is 1. The van der Waals surface area contributed by atoms with Gasteiger partial charge in [0, 0.05) is 58.2 Å². The zero-order valence-corrected chi connectivity index (χ0v) is 16.9. The number of sulfonamides is 1. The van der Waals surface area contributed by atoms with Gasteiger partial charge in [-0.3, -0.25) is 14.5 Å². The van der Waals surface area contributed by atoms with Crippen molar-refractivity contribution in [3.63, 3.8) is 0 Å². The van der Waals surface area contributed by atoms with E-state index < -0.39 is 10.0 Å². The van der Waals surface area contributed by atoms with E-state index in [1.807, 2.05) is 0 Å². The molecule has 2 N–H and O–H groups in total. The van der Waals surface area contributed by atoms with Crippen LogP contribution < -0.4 is 10.6 Å². The number of morpholine rings is 1. The predicted molar refractivity (Wildman–Crippen MR) is 102 cm³/mol. The molecule has 2 fully saturated rings. The minimum Gasteiger partial charge on any atom is -0.379 e. The molecule has 2 aliphatic heterocycles. The predicted octanol–water partition coefficient (Wildman–Crippen LogP) is -0.997. The van der Waals surface area contributed by atoms with Crippen molar-refractivity contribution in [3.8, 4) is 0 Å². The molecule has 2 saturated heterocycles. The van der Waals surface area contributed by atoms with Gasteiger partial charge in [0.1, 0.15) is 0 Å². The van der Waals surface area contributed by atoms with Gasteiger partial charge in [-0.1, -0.05) is 0 Å². The second-order valence-electron chi connectivity index (χ2n) is 7.13. The molecule has 0 radical (unpaired) electrons. The van der Waals surface area contributed by atoms with Crippen molar-refractivity contribution in [1.82, 2.24) is 19.8 Å². The molecule has 0 bridgehead atoms. The zero-order chi connectivity index (χ0) is 19.7. The maximum Gasteiger partial charge on any atom is 0.223 e. The number of hydrogen-bond acceptors (Lipinski definition) is 6. The minimum atomic E-state index is -3.36. The third-order valence-corrected chi connectivity index (χ3v) is 6.34. The molecular weight excluding hydrogens is 372 g/mol. The van der Waals surface area contributed by atoms with Crippen molar-refractivity contribution in [3.05, 3.63) is 0 Å². The summed E-state index contributed by atoms with van der Waals surface area (Å²) in [6.07, 6.45) is 3.06. The first-order valence-corrected chi connectivity index (χ1v) is 11.5. The Morgan fingerprint density at radius 3 is 2.67 bits per heavy atom. The fraction of sp³-hybridized carbons (Fsp3) is 0.882. The van der Waals surface area contributed by atoms with Gasteiger partial charge in [0.05, 0.1) is 19.5 Å². The Morgan fingerprint density at radius 2 is 1.96 bits per heavy atom. The highest BCUT2D eigenvalue weighted by Crippen LogP contribution is 2.14. The van der Waals surface area contributed by atoms with E-state index in [2.05, 4.69) is 15.5 Å². The molecule has 156 valence electrons. The van der Waals surface area contributed by atoms with E-state index in [-0.39, 0.29) is 30.7 Å². The van der Waals surface area contributed by atoms with Crippen LogP contribution in [0.3, 0.4) is 0 Å². The summed E-state index contributed by atoms with van der Waals surface area (Å²) in [4.78, 5) is 26.7. The van der Waals surface area contributed by atoms with Crippen LogP contribution in [0.4, 0.5) is 0 Å². The van der Waals surface area contributed by atoms with E-state index in [0.717, 1.165) is 39.1 Å². The van der Waals surface area contributed by atoms with E-state index >= 15 is 0 Å². The summed E-state index contributed by atoms with van der Waals surface area (Å²) in [5, 5.41) is 5.77. The fourth-order valence-corrected chi connectivity index (χ4v) is 4.25. The highest BCUT2D eigenvalue weighted by Gasteiger charge is 2.23. The molecule has 0 spiro atoms. The lowest BCUT2D eigenvalue weighted by Crippen LogP contribution is -2.42. The van der Waals surface area contributed by atoms with Crippen molar-refractivity contribution in [2.45, 2.75) is 25.7 Å². The van der Waals surface area contributed by atoms with Crippen LogP contribution in [0.1, 0.15) is 25.7 Å². The van der Waals surface area contributed by atoms with Crippen molar-refractivity contribution >= 4 is 21.8 Å². The van der Waals surface area contributed by atoms with Gasteiger partial charge < -0.3 is 15.4 Å². The third-order valence-electron chi connectivity index (χ3n) is 5.03. The topological polar surface area (TPSA) is 108 Å². The number of nitrogens with zero attached hydrogens (tertiary/aromatic N) is 2. The quantitative estimate of drug-likeness (QED) is 0.609. The molecule has 1 unspecified atom stereocenters. The Hall–Kier alpha value is -1.23. The summed E-state index contributed by atoms with van der Waals surface area (Å²) in [6.45, 7) is 5.54. The highest BCUT2D eigenvalue weighted by atomic mass is 32.2. The standard InChI is InChI=1S/C17H32N4O5S/c1-27(24,25)21-8-2-3-15(4-6-18-16(22)5-9-21)17(23)19-7-10-20-11-13-26-14-12-20/h15H,2-14H2,1H3,(H,18,22)(H,19,23). The Bertz CT molecular complexity index is 592.